The number of nitrogens with zero attached hydrogens (tertiary/aromatic N) is 1. The highest BCUT2D eigenvalue weighted by atomic mass is 79.9. The second-order valence-corrected chi connectivity index (χ2v) is 5.01. The third-order valence-corrected chi connectivity index (χ3v) is 3.23. The van der Waals surface area contributed by atoms with Crippen LogP contribution in [0.25, 0.3) is 0 Å². The van der Waals surface area contributed by atoms with Crippen LogP contribution in [0.2, 0.25) is 0 Å². The van der Waals surface area contributed by atoms with Crippen LogP contribution >= 0.6 is 15.9 Å². The monoisotopic (exact) mass is 326 g/mol. The molecule has 2 aromatic rings. The summed E-state index contributed by atoms with van der Waals surface area (Å²) in [4.78, 5) is 3.81. The summed E-state index contributed by atoms with van der Waals surface area (Å²) in [5.41, 5.74) is 1.07. The fourth-order valence-corrected chi connectivity index (χ4v) is 2.27. The molecule has 0 saturated carbocycles. The molecule has 1 heterocycles. The molecule has 1 atom stereocenters. The van der Waals surface area contributed by atoms with E-state index in [9.17, 15) is 8.78 Å². The van der Waals surface area contributed by atoms with Crippen molar-refractivity contribution in [3.05, 3.63) is 63.9 Å². The Labute approximate surface area is 119 Å². The normalized spacial score (nSPS) is 12.4. The van der Waals surface area contributed by atoms with E-state index in [0.717, 1.165) is 6.20 Å². The van der Waals surface area contributed by atoms with Gasteiger partial charge in [0.05, 0.1) is 12.2 Å². The van der Waals surface area contributed by atoms with Crippen LogP contribution in [0.4, 0.5) is 8.78 Å². The molecule has 0 aliphatic rings. The summed E-state index contributed by atoms with van der Waals surface area (Å²) >= 11 is 3.22. The Balaban J connectivity index is 2.45. The number of hydrogen-bond acceptors (Lipinski definition) is 2. The van der Waals surface area contributed by atoms with Gasteiger partial charge in [0.2, 0.25) is 0 Å². The Hall–Kier alpha value is -1.33. The van der Waals surface area contributed by atoms with Gasteiger partial charge in [-0.05, 0) is 30.3 Å². The molecule has 0 bridgehead atoms. The molecule has 5 heteroatoms. The standard InChI is InChI=1S/C14H13BrF2N2/c1-2-19-14(9-5-11(16)8-18-7-9)12-4-3-10(15)6-13(12)17/h3-8,14,19H,2H2,1H3. The summed E-state index contributed by atoms with van der Waals surface area (Å²) in [7, 11) is 0. The lowest BCUT2D eigenvalue weighted by molar-refractivity contribution is 0.552. The van der Waals surface area contributed by atoms with E-state index in [1.54, 1.807) is 12.1 Å². The molecule has 2 nitrogen and oxygen atoms in total. The zero-order chi connectivity index (χ0) is 13.8. The molecule has 1 aromatic heterocycles. The topological polar surface area (TPSA) is 24.9 Å². The first kappa shape index (κ1) is 14.1. The molecule has 100 valence electrons. The van der Waals surface area contributed by atoms with Crippen molar-refractivity contribution in [2.75, 3.05) is 6.54 Å². The molecule has 19 heavy (non-hydrogen) atoms. The Morgan fingerprint density at radius 1 is 1.26 bits per heavy atom. The summed E-state index contributed by atoms with van der Waals surface area (Å²) in [5.74, 6) is -0.775. The predicted molar refractivity (Wildman–Crippen MR) is 73.8 cm³/mol. The molecular formula is C14H13BrF2N2. The maximum Gasteiger partial charge on any atom is 0.141 e. The van der Waals surface area contributed by atoms with Crippen LogP contribution < -0.4 is 5.32 Å². The van der Waals surface area contributed by atoms with Gasteiger partial charge in [0.15, 0.2) is 0 Å². The van der Waals surface area contributed by atoms with E-state index in [1.807, 2.05) is 6.92 Å². The van der Waals surface area contributed by atoms with Crippen LogP contribution in [0.5, 0.6) is 0 Å². The minimum atomic E-state index is -0.432. The molecule has 0 fully saturated rings. The Morgan fingerprint density at radius 3 is 2.68 bits per heavy atom. The number of aromatic nitrogens is 1. The number of pyridine rings is 1. The van der Waals surface area contributed by atoms with E-state index in [-0.39, 0.29) is 5.82 Å². The molecule has 0 aliphatic heterocycles. The summed E-state index contributed by atoms with van der Waals surface area (Å²) in [5, 5.41) is 3.14. The lowest BCUT2D eigenvalue weighted by Crippen LogP contribution is -2.23. The number of benzene rings is 1. The third kappa shape index (κ3) is 3.36. The van der Waals surface area contributed by atoms with E-state index < -0.39 is 11.9 Å². The van der Waals surface area contributed by atoms with Crippen molar-refractivity contribution in [3.63, 3.8) is 0 Å². The highest BCUT2D eigenvalue weighted by Crippen LogP contribution is 2.26. The maximum absolute atomic E-state index is 14.0. The highest BCUT2D eigenvalue weighted by molar-refractivity contribution is 9.10. The number of hydrogen-bond donors (Lipinski definition) is 1. The van der Waals surface area contributed by atoms with Gasteiger partial charge in [0.1, 0.15) is 11.6 Å². The first-order chi connectivity index (χ1) is 9.11. The number of halogens is 3. The van der Waals surface area contributed by atoms with Crippen LogP contribution in [-0.4, -0.2) is 11.5 Å². The van der Waals surface area contributed by atoms with Gasteiger partial charge < -0.3 is 5.32 Å². The van der Waals surface area contributed by atoms with Crippen molar-refractivity contribution in [1.29, 1.82) is 0 Å². The van der Waals surface area contributed by atoms with Gasteiger partial charge in [-0.2, -0.15) is 0 Å². The Bertz CT molecular complexity index is 575. The molecule has 0 aliphatic carbocycles. The average Bonchev–Trinajstić information content (AvgIpc) is 2.37. The lowest BCUT2D eigenvalue weighted by Gasteiger charge is -2.19. The molecule has 1 N–H and O–H groups in total. The van der Waals surface area contributed by atoms with Gasteiger partial charge >= 0.3 is 0 Å². The first-order valence-corrected chi connectivity index (χ1v) is 6.70. The highest BCUT2D eigenvalue weighted by Gasteiger charge is 2.18. The molecule has 2 rings (SSSR count). The Morgan fingerprint density at radius 2 is 2.05 bits per heavy atom. The lowest BCUT2D eigenvalue weighted by atomic mass is 9.99. The largest absolute Gasteiger partial charge is 0.306 e. The summed E-state index contributed by atoms with van der Waals surface area (Å²) in [6.07, 6.45) is 2.67. The molecule has 0 spiro atoms. The summed E-state index contributed by atoms with van der Waals surface area (Å²) < 4.78 is 28.0. The molecule has 1 unspecified atom stereocenters. The zero-order valence-electron chi connectivity index (χ0n) is 10.3. The van der Waals surface area contributed by atoms with Gasteiger partial charge in [0.25, 0.3) is 0 Å². The number of rotatable bonds is 4. The molecule has 0 saturated heterocycles. The van der Waals surface area contributed by atoms with Gasteiger partial charge in [-0.15, -0.1) is 0 Å². The van der Waals surface area contributed by atoms with Crippen molar-refractivity contribution >= 4 is 15.9 Å². The fourth-order valence-electron chi connectivity index (χ4n) is 1.93. The molecule has 1 aromatic carbocycles. The minimum Gasteiger partial charge on any atom is -0.306 e. The zero-order valence-corrected chi connectivity index (χ0v) is 11.9. The van der Waals surface area contributed by atoms with E-state index >= 15 is 0 Å². The fraction of sp³-hybridized carbons (Fsp3) is 0.214. The quantitative estimate of drug-likeness (QED) is 0.923. The second kappa shape index (κ2) is 6.21. The van der Waals surface area contributed by atoms with E-state index in [1.165, 1.54) is 18.3 Å². The molecule has 0 radical (unpaired) electrons. The van der Waals surface area contributed by atoms with E-state index in [2.05, 4.69) is 26.2 Å². The summed E-state index contributed by atoms with van der Waals surface area (Å²) in [6, 6.07) is 5.78. The molecule has 0 amide bonds. The van der Waals surface area contributed by atoms with Gasteiger partial charge in [-0.1, -0.05) is 28.9 Å². The van der Waals surface area contributed by atoms with E-state index in [0.29, 0.717) is 22.1 Å². The van der Waals surface area contributed by atoms with Crippen LogP contribution in [-0.2, 0) is 0 Å². The van der Waals surface area contributed by atoms with Crippen molar-refractivity contribution in [2.45, 2.75) is 13.0 Å². The van der Waals surface area contributed by atoms with Crippen molar-refractivity contribution < 1.29 is 8.78 Å². The average molecular weight is 327 g/mol. The maximum atomic E-state index is 14.0. The smallest absolute Gasteiger partial charge is 0.141 e. The Kier molecular flexibility index (Phi) is 4.61. The van der Waals surface area contributed by atoms with Gasteiger partial charge in [-0.3, -0.25) is 4.98 Å². The summed E-state index contributed by atoms with van der Waals surface area (Å²) in [6.45, 7) is 2.55. The van der Waals surface area contributed by atoms with Crippen molar-refractivity contribution in [3.8, 4) is 0 Å². The SMILES string of the molecule is CCNC(c1cncc(F)c1)c1ccc(Br)cc1F. The number of nitrogens with one attached hydrogen (secondary N) is 1. The van der Waals surface area contributed by atoms with Gasteiger partial charge in [-0.25, -0.2) is 8.78 Å². The van der Waals surface area contributed by atoms with Crippen LogP contribution in [0, 0.1) is 11.6 Å². The molecular weight excluding hydrogens is 314 g/mol. The van der Waals surface area contributed by atoms with Crippen LogP contribution in [0.15, 0.2) is 41.1 Å². The van der Waals surface area contributed by atoms with Gasteiger partial charge in [0, 0.05) is 16.2 Å². The first-order valence-electron chi connectivity index (χ1n) is 5.90. The third-order valence-electron chi connectivity index (χ3n) is 2.74. The minimum absolute atomic E-state index is 0.343. The predicted octanol–water partition coefficient (Wildman–Crippen LogP) is 3.82. The van der Waals surface area contributed by atoms with Crippen molar-refractivity contribution in [2.24, 2.45) is 0 Å². The second-order valence-electron chi connectivity index (χ2n) is 4.09. The van der Waals surface area contributed by atoms with E-state index in [4.69, 9.17) is 0 Å². The van der Waals surface area contributed by atoms with Crippen LogP contribution in [0.1, 0.15) is 24.1 Å². The van der Waals surface area contributed by atoms with Crippen molar-refractivity contribution in [1.82, 2.24) is 10.3 Å². The van der Waals surface area contributed by atoms with Crippen LogP contribution in [0.3, 0.4) is 0 Å².